The van der Waals surface area contributed by atoms with Gasteiger partial charge in [0.25, 0.3) is 0 Å². The van der Waals surface area contributed by atoms with Crippen molar-refractivity contribution in [3.05, 3.63) is 29.6 Å². The molecule has 0 aromatic heterocycles. The second kappa shape index (κ2) is 4.73. The minimum absolute atomic E-state index is 0.271. The Hall–Kier alpha value is -1.58. The third-order valence-electron chi connectivity index (χ3n) is 3.23. The molecule has 3 nitrogen and oxygen atoms in total. The fourth-order valence-electron chi connectivity index (χ4n) is 2.43. The first-order valence-corrected chi connectivity index (χ1v) is 5.89. The summed E-state index contributed by atoms with van der Waals surface area (Å²) in [6.07, 6.45) is 2.13. The molecule has 92 valence electrons. The predicted octanol–water partition coefficient (Wildman–Crippen LogP) is 1.11. The molecule has 0 radical (unpaired) electrons. The number of halogens is 1. The maximum Gasteiger partial charge on any atom is 0.123 e. The average molecular weight is 236 g/mol. The van der Waals surface area contributed by atoms with Crippen LogP contribution in [0.5, 0.6) is 0 Å². The molecule has 1 atom stereocenters. The molecule has 0 aliphatic carbocycles. The zero-order valence-corrected chi connectivity index (χ0v) is 9.78. The van der Waals surface area contributed by atoms with Crippen molar-refractivity contribution >= 4 is 11.7 Å². The number of aryl methyl sites for hydroxylation is 1. The molecule has 0 amide bonds. The van der Waals surface area contributed by atoms with Gasteiger partial charge in [-0.2, -0.15) is 0 Å². The molecule has 17 heavy (non-hydrogen) atoms. The van der Waals surface area contributed by atoms with Crippen LogP contribution in [0.1, 0.15) is 25.3 Å². The summed E-state index contributed by atoms with van der Waals surface area (Å²) in [5.74, 6) is -1.34. The Bertz CT molecular complexity index is 433. The Morgan fingerprint density at radius 3 is 3.00 bits per heavy atom. The Labute approximate surface area is 99.9 Å². The van der Waals surface area contributed by atoms with Crippen LogP contribution >= 0.6 is 0 Å². The Kier molecular flexibility index (Phi) is 3.31. The second-order valence-corrected chi connectivity index (χ2v) is 4.31. The fraction of sp³-hybridized carbons (Fsp3) is 0.462. The second-order valence-electron chi connectivity index (χ2n) is 4.31. The Morgan fingerprint density at radius 2 is 2.35 bits per heavy atom. The maximum absolute atomic E-state index is 13.1. The van der Waals surface area contributed by atoms with Gasteiger partial charge in [-0.05, 0) is 43.0 Å². The largest absolute Gasteiger partial charge is 0.548 e. The summed E-state index contributed by atoms with van der Waals surface area (Å²) in [4.78, 5) is 12.9. The van der Waals surface area contributed by atoms with E-state index in [0.29, 0.717) is 13.0 Å². The molecule has 0 spiro atoms. The van der Waals surface area contributed by atoms with E-state index in [1.54, 1.807) is 6.07 Å². The zero-order chi connectivity index (χ0) is 12.4. The molecule has 1 aromatic carbocycles. The van der Waals surface area contributed by atoms with Crippen molar-refractivity contribution in [1.29, 1.82) is 0 Å². The van der Waals surface area contributed by atoms with Gasteiger partial charge in [0, 0.05) is 12.2 Å². The Morgan fingerprint density at radius 1 is 1.59 bits per heavy atom. The van der Waals surface area contributed by atoms with Crippen LogP contribution in [0.4, 0.5) is 10.1 Å². The first-order valence-electron chi connectivity index (χ1n) is 5.89. The van der Waals surface area contributed by atoms with E-state index >= 15 is 0 Å². The number of aliphatic carboxylic acids is 1. The van der Waals surface area contributed by atoms with E-state index in [1.165, 1.54) is 12.1 Å². The molecule has 1 aliphatic heterocycles. The van der Waals surface area contributed by atoms with Gasteiger partial charge in [0.2, 0.25) is 0 Å². The summed E-state index contributed by atoms with van der Waals surface area (Å²) in [6, 6.07) is 3.90. The van der Waals surface area contributed by atoms with Crippen LogP contribution in [-0.4, -0.2) is 18.6 Å². The van der Waals surface area contributed by atoms with E-state index in [4.69, 9.17) is 0 Å². The lowest BCUT2D eigenvalue weighted by atomic mass is 9.99. The van der Waals surface area contributed by atoms with E-state index in [-0.39, 0.29) is 5.82 Å². The lowest BCUT2D eigenvalue weighted by Crippen LogP contribution is -2.49. The van der Waals surface area contributed by atoms with Crippen LogP contribution in [0.25, 0.3) is 0 Å². The molecule has 4 heteroatoms. The number of benzene rings is 1. The highest BCUT2D eigenvalue weighted by atomic mass is 19.1. The van der Waals surface area contributed by atoms with E-state index in [0.717, 1.165) is 24.1 Å². The summed E-state index contributed by atoms with van der Waals surface area (Å²) in [6.45, 7) is 2.50. The van der Waals surface area contributed by atoms with Crippen LogP contribution in [-0.2, 0) is 11.2 Å². The van der Waals surface area contributed by atoms with Gasteiger partial charge in [-0.15, -0.1) is 0 Å². The van der Waals surface area contributed by atoms with Crippen LogP contribution in [0.2, 0.25) is 0 Å². The molecule has 1 aromatic rings. The highest BCUT2D eigenvalue weighted by molar-refractivity contribution is 5.77. The quantitative estimate of drug-likeness (QED) is 0.789. The number of carbonyl (C=O) groups is 1. The number of nitrogens with zero attached hydrogens (tertiary/aromatic N) is 1. The number of carboxylic acid groups (broad SMARTS) is 1. The number of carboxylic acids is 1. The fourth-order valence-corrected chi connectivity index (χ4v) is 2.43. The molecular formula is C13H15FNO2-. The molecule has 0 saturated heterocycles. The molecule has 0 N–H and O–H groups in total. The van der Waals surface area contributed by atoms with Gasteiger partial charge in [0.15, 0.2) is 0 Å². The topological polar surface area (TPSA) is 43.4 Å². The monoisotopic (exact) mass is 236 g/mol. The molecule has 1 aliphatic rings. The summed E-state index contributed by atoms with van der Waals surface area (Å²) >= 11 is 0. The van der Waals surface area contributed by atoms with Gasteiger partial charge >= 0.3 is 0 Å². The highest BCUT2D eigenvalue weighted by Crippen LogP contribution is 2.29. The SMILES string of the molecule is CC[C@H](C(=O)[O-])N1CCCc2cc(F)ccc21. The van der Waals surface area contributed by atoms with Crippen molar-refractivity contribution in [2.24, 2.45) is 0 Å². The zero-order valence-electron chi connectivity index (χ0n) is 9.78. The van der Waals surface area contributed by atoms with Gasteiger partial charge in [-0.25, -0.2) is 4.39 Å². The smallest absolute Gasteiger partial charge is 0.123 e. The lowest BCUT2D eigenvalue weighted by molar-refractivity contribution is -0.307. The molecule has 0 bridgehead atoms. The summed E-state index contributed by atoms with van der Waals surface area (Å²) < 4.78 is 13.1. The number of carbonyl (C=O) groups excluding carboxylic acids is 1. The minimum atomic E-state index is -1.07. The van der Waals surface area contributed by atoms with Crippen molar-refractivity contribution in [2.45, 2.75) is 32.2 Å². The van der Waals surface area contributed by atoms with Crippen molar-refractivity contribution in [2.75, 3.05) is 11.4 Å². The molecule has 1 heterocycles. The van der Waals surface area contributed by atoms with Crippen molar-refractivity contribution in [3.8, 4) is 0 Å². The van der Waals surface area contributed by atoms with Crippen molar-refractivity contribution in [1.82, 2.24) is 0 Å². The highest BCUT2D eigenvalue weighted by Gasteiger charge is 2.24. The Balaban J connectivity index is 2.37. The molecule has 0 saturated carbocycles. The normalized spacial score (nSPS) is 16.5. The summed E-state index contributed by atoms with van der Waals surface area (Å²) in [5, 5.41) is 11.1. The van der Waals surface area contributed by atoms with Crippen molar-refractivity contribution < 1.29 is 14.3 Å². The van der Waals surface area contributed by atoms with Crippen LogP contribution in [0.3, 0.4) is 0 Å². The van der Waals surface area contributed by atoms with Gasteiger partial charge in [-0.3, -0.25) is 0 Å². The first kappa shape index (κ1) is 11.9. The van der Waals surface area contributed by atoms with Gasteiger partial charge in [0.1, 0.15) is 5.82 Å². The van der Waals surface area contributed by atoms with Crippen LogP contribution in [0.15, 0.2) is 18.2 Å². The third-order valence-corrected chi connectivity index (χ3v) is 3.23. The van der Waals surface area contributed by atoms with E-state index in [1.807, 2.05) is 11.8 Å². The molecule has 2 rings (SSSR count). The first-order chi connectivity index (χ1) is 8.13. The average Bonchev–Trinajstić information content (AvgIpc) is 2.29. The maximum atomic E-state index is 13.1. The van der Waals surface area contributed by atoms with E-state index in [9.17, 15) is 14.3 Å². The van der Waals surface area contributed by atoms with Crippen LogP contribution < -0.4 is 10.0 Å². The van der Waals surface area contributed by atoms with Crippen LogP contribution in [0, 0.1) is 5.82 Å². The van der Waals surface area contributed by atoms with Crippen molar-refractivity contribution in [3.63, 3.8) is 0 Å². The van der Waals surface area contributed by atoms with Gasteiger partial charge in [0.05, 0.1) is 12.0 Å². The standard InChI is InChI=1S/C13H16FNO2/c1-2-11(13(16)17)15-7-3-4-9-8-10(14)5-6-12(9)15/h5-6,8,11H,2-4,7H2,1H3,(H,16,17)/p-1/t11-/m1/s1. The third kappa shape index (κ3) is 2.25. The van der Waals surface area contributed by atoms with Gasteiger partial charge in [-0.1, -0.05) is 6.92 Å². The van der Waals surface area contributed by atoms with E-state index in [2.05, 4.69) is 0 Å². The van der Waals surface area contributed by atoms with E-state index < -0.39 is 12.0 Å². The molecular weight excluding hydrogens is 221 g/mol. The summed E-state index contributed by atoms with van der Waals surface area (Å²) in [7, 11) is 0. The molecule has 0 fully saturated rings. The number of hydrogen-bond acceptors (Lipinski definition) is 3. The number of hydrogen-bond donors (Lipinski definition) is 0. The number of fused-ring (bicyclic) bond motifs is 1. The minimum Gasteiger partial charge on any atom is -0.548 e. The predicted molar refractivity (Wildman–Crippen MR) is 61.2 cm³/mol. The number of anilines is 1. The van der Waals surface area contributed by atoms with Gasteiger partial charge < -0.3 is 14.8 Å². The molecule has 0 unspecified atom stereocenters. The summed E-state index contributed by atoms with van der Waals surface area (Å²) in [5.41, 5.74) is 1.71. The number of rotatable bonds is 3. The lowest BCUT2D eigenvalue weighted by Gasteiger charge is -2.38.